The molecule has 0 unspecified atom stereocenters. The fourth-order valence-electron chi connectivity index (χ4n) is 3.18. The Bertz CT molecular complexity index is 539. The van der Waals surface area contributed by atoms with Crippen molar-refractivity contribution in [2.75, 3.05) is 0 Å². The summed E-state index contributed by atoms with van der Waals surface area (Å²) >= 11 is 0. The minimum Gasteiger partial charge on any atom is -0.274 e. The molecule has 1 heterocycles. The number of hydrazine groups is 1. The van der Waals surface area contributed by atoms with Gasteiger partial charge in [0.2, 0.25) is 5.91 Å². The second-order valence-electron chi connectivity index (χ2n) is 5.93. The Morgan fingerprint density at radius 2 is 2.10 bits per heavy atom. The van der Waals surface area contributed by atoms with Gasteiger partial charge < -0.3 is 0 Å². The lowest BCUT2D eigenvalue weighted by Gasteiger charge is -2.65. The summed E-state index contributed by atoms with van der Waals surface area (Å²) in [6.07, 6.45) is -0.521. The van der Waals surface area contributed by atoms with Gasteiger partial charge in [-0.1, -0.05) is 0 Å². The lowest BCUT2D eigenvalue weighted by atomic mass is 9.49. The maximum absolute atomic E-state index is 12.4. The number of hydrogen-bond acceptors (Lipinski definition) is 3. The molecule has 3 aliphatic rings. The van der Waals surface area contributed by atoms with Gasteiger partial charge in [-0.15, -0.1) is 0 Å². The highest BCUT2D eigenvalue weighted by Gasteiger charge is 2.61. The Balaban J connectivity index is 1.62. The fourth-order valence-corrected chi connectivity index (χ4v) is 3.18. The number of nitrogens with one attached hydrogen (secondary N) is 1. The summed E-state index contributed by atoms with van der Waals surface area (Å²) < 4.78 is 37.3. The van der Waals surface area contributed by atoms with Crippen molar-refractivity contribution in [1.29, 1.82) is 0 Å². The first-order valence-corrected chi connectivity index (χ1v) is 6.87. The molecule has 7 heteroatoms. The highest BCUT2D eigenvalue weighted by Crippen LogP contribution is 2.60. The highest BCUT2D eigenvalue weighted by molar-refractivity contribution is 5.74. The summed E-state index contributed by atoms with van der Waals surface area (Å²) in [7, 11) is 0. The maximum Gasteiger partial charge on any atom is 0.417 e. The zero-order valence-electron chi connectivity index (χ0n) is 11.6. The average Bonchev–Trinajstić information content (AvgIpc) is 2.29. The molecule has 3 saturated carbocycles. The Hall–Kier alpha value is -1.63. The van der Waals surface area contributed by atoms with E-state index >= 15 is 0 Å². The van der Waals surface area contributed by atoms with E-state index in [1.165, 1.54) is 13.0 Å². The third-order valence-corrected chi connectivity index (χ3v) is 4.37. The first-order chi connectivity index (χ1) is 9.80. The van der Waals surface area contributed by atoms with Crippen LogP contribution in [0.3, 0.4) is 0 Å². The number of halogens is 3. The minimum absolute atomic E-state index is 0.0671. The van der Waals surface area contributed by atoms with Crippen LogP contribution in [-0.2, 0) is 17.5 Å². The number of rotatable bonds is 4. The average molecular weight is 299 g/mol. The summed E-state index contributed by atoms with van der Waals surface area (Å²) in [5.74, 6) is 0.665. The first kappa shape index (κ1) is 14.3. The van der Waals surface area contributed by atoms with Gasteiger partial charge >= 0.3 is 6.18 Å². The Morgan fingerprint density at radius 1 is 1.43 bits per heavy atom. The summed E-state index contributed by atoms with van der Waals surface area (Å²) in [5, 5.41) is 1.63. The van der Waals surface area contributed by atoms with Crippen molar-refractivity contribution in [2.24, 2.45) is 5.92 Å². The van der Waals surface area contributed by atoms with E-state index in [4.69, 9.17) is 0 Å². The van der Waals surface area contributed by atoms with Crippen LogP contribution >= 0.6 is 0 Å². The maximum atomic E-state index is 12.4. The van der Waals surface area contributed by atoms with Gasteiger partial charge in [0.25, 0.3) is 0 Å². The van der Waals surface area contributed by atoms with E-state index < -0.39 is 11.7 Å². The second kappa shape index (κ2) is 4.69. The van der Waals surface area contributed by atoms with Gasteiger partial charge in [-0.3, -0.25) is 14.8 Å². The molecule has 4 rings (SSSR count). The summed E-state index contributed by atoms with van der Waals surface area (Å²) in [6, 6.07) is 2.33. The molecule has 3 aliphatic carbocycles. The van der Waals surface area contributed by atoms with Crippen LogP contribution in [0, 0.1) is 5.92 Å². The molecule has 0 saturated heterocycles. The second-order valence-corrected chi connectivity index (χ2v) is 5.93. The normalized spacial score (nSPS) is 26.8. The van der Waals surface area contributed by atoms with Crippen molar-refractivity contribution in [3.8, 4) is 0 Å². The van der Waals surface area contributed by atoms with Gasteiger partial charge in [0.15, 0.2) is 0 Å². The van der Waals surface area contributed by atoms with Gasteiger partial charge in [0.05, 0.1) is 23.3 Å². The molecule has 2 bridgehead atoms. The SMILES string of the molecule is CC(=O)N(NCc1ccc(C(F)(F)F)cn1)C12CC(C1)C2. The molecule has 0 atom stereocenters. The lowest BCUT2D eigenvalue weighted by Crippen LogP contribution is -2.72. The van der Waals surface area contributed by atoms with E-state index in [0.717, 1.165) is 37.4 Å². The molecule has 114 valence electrons. The van der Waals surface area contributed by atoms with Crippen molar-refractivity contribution in [3.63, 3.8) is 0 Å². The van der Waals surface area contributed by atoms with Crippen molar-refractivity contribution in [3.05, 3.63) is 29.6 Å². The van der Waals surface area contributed by atoms with Gasteiger partial charge in [-0.2, -0.15) is 13.2 Å². The third kappa shape index (κ3) is 2.50. The molecular formula is C14H16F3N3O. The summed E-state index contributed by atoms with van der Waals surface area (Å²) in [5.41, 5.74) is 2.65. The molecule has 0 spiro atoms. The van der Waals surface area contributed by atoms with Gasteiger partial charge in [-0.25, -0.2) is 5.43 Å². The van der Waals surface area contributed by atoms with Gasteiger partial charge in [-0.05, 0) is 37.3 Å². The number of carbonyl (C=O) groups is 1. The molecular weight excluding hydrogens is 283 g/mol. The van der Waals surface area contributed by atoms with E-state index in [0.29, 0.717) is 5.69 Å². The predicted molar refractivity (Wildman–Crippen MR) is 68.7 cm³/mol. The number of alkyl halides is 3. The zero-order chi connectivity index (χ0) is 15.3. The number of amides is 1. The van der Waals surface area contributed by atoms with E-state index in [2.05, 4.69) is 10.4 Å². The van der Waals surface area contributed by atoms with Crippen molar-refractivity contribution < 1.29 is 18.0 Å². The highest BCUT2D eigenvalue weighted by atomic mass is 19.4. The van der Waals surface area contributed by atoms with Crippen LogP contribution in [0.1, 0.15) is 37.4 Å². The van der Waals surface area contributed by atoms with Crippen LogP contribution in [0.4, 0.5) is 13.2 Å². The number of aromatic nitrogens is 1. The molecule has 4 nitrogen and oxygen atoms in total. The third-order valence-electron chi connectivity index (χ3n) is 4.37. The predicted octanol–water partition coefficient (Wildman–Crippen LogP) is 2.51. The van der Waals surface area contributed by atoms with Crippen LogP contribution in [0.5, 0.6) is 0 Å². The Kier molecular flexibility index (Phi) is 3.20. The van der Waals surface area contributed by atoms with E-state index in [1.54, 1.807) is 5.01 Å². The minimum atomic E-state index is -4.38. The number of carbonyl (C=O) groups excluding carboxylic acids is 1. The molecule has 0 aliphatic heterocycles. The molecule has 1 aromatic heterocycles. The molecule has 21 heavy (non-hydrogen) atoms. The molecule has 1 N–H and O–H groups in total. The smallest absolute Gasteiger partial charge is 0.274 e. The van der Waals surface area contributed by atoms with Gasteiger partial charge in [0.1, 0.15) is 0 Å². The van der Waals surface area contributed by atoms with Crippen LogP contribution in [0.2, 0.25) is 0 Å². The summed E-state index contributed by atoms with van der Waals surface area (Å²) in [6.45, 7) is 1.73. The number of pyridine rings is 1. The topological polar surface area (TPSA) is 45.2 Å². The van der Waals surface area contributed by atoms with Crippen molar-refractivity contribution in [2.45, 2.75) is 44.4 Å². The Labute approximate surface area is 120 Å². The molecule has 1 amide bonds. The van der Waals surface area contributed by atoms with Crippen LogP contribution in [-0.4, -0.2) is 21.4 Å². The van der Waals surface area contributed by atoms with Crippen LogP contribution in [0.15, 0.2) is 18.3 Å². The monoisotopic (exact) mass is 299 g/mol. The van der Waals surface area contributed by atoms with Gasteiger partial charge in [0, 0.05) is 13.1 Å². The standard InChI is InChI=1S/C14H16F3N3O/c1-9(21)20(13-4-10(5-13)6-13)19-8-12-3-2-11(7-18-12)14(15,16)17/h2-3,7,10,19H,4-6,8H2,1H3. The molecule has 0 aromatic carbocycles. The quantitative estimate of drug-likeness (QED) is 0.869. The molecule has 1 aromatic rings. The van der Waals surface area contributed by atoms with Crippen molar-refractivity contribution >= 4 is 5.91 Å². The number of nitrogens with zero attached hydrogens (tertiary/aromatic N) is 2. The van der Waals surface area contributed by atoms with E-state index in [1.807, 2.05) is 0 Å². The number of hydrogen-bond donors (Lipinski definition) is 1. The first-order valence-electron chi connectivity index (χ1n) is 6.87. The fraction of sp³-hybridized carbons (Fsp3) is 0.571. The molecule has 0 radical (unpaired) electrons. The Morgan fingerprint density at radius 3 is 2.48 bits per heavy atom. The zero-order valence-corrected chi connectivity index (χ0v) is 11.6. The van der Waals surface area contributed by atoms with Crippen LogP contribution < -0.4 is 5.43 Å². The summed E-state index contributed by atoms with van der Waals surface area (Å²) in [4.78, 5) is 15.5. The van der Waals surface area contributed by atoms with Crippen LogP contribution in [0.25, 0.3) is 0 Å². The van der Waals surface area contributed by atoms with Crippen molar-refractivity contribution in [1.82, 2.24) is 15.4 Å². The lowest BCUT2D eigenvalue weighted by molar-refractivity contribution is -0.183. The molecule has 3 fully saturated rings. The van der Waals surface area contributed by atoms with E-state index in [9.17, 15) is 18.0 Å². The largest absolute Gasteiger partial charge is 0.417 e. The van der Waals surface area contributed by atoms with E-state index in [-0.39, 0.29) is 18.0 Å².